The number of para-hydroxylation sites is 1. The number of rotatable bonds is 7. The molecule has 1 aliphatic rings. The van der Waals surface area contributed by atoms with Gasteiger partial charge in [0.2, 0.25) is 5.91 Å². The van der Waals surface area contributed by atoms with Crippen LogP contribution in [0.5, 0.6) is 17.2 Å². The van der Waals surface area contributed by atoms with Crippen molar-refractivity contribution in [2.45, 2.75) is 25.0 Å². The van der Waals surface area contributed by atoms with Crippen LogP contribution in [-0.4, -0.2) is 47.3 Å². The molecule has 0 bridgehead atoms. The number of benzene rings is 3. The largest absolute Gasteiger partial charge is 0.486 e. The average molecular weight is 451 g/mol. The number of likely N-dealkylation sites (tertiary alicyclic amines) is 1. The van der Waals surface area contributed by atoms with Crippen molar-refractivity contribution in [3.05, 3.63) is 84.7 Å². The number of anilines is 1. The van der Waals surface area contributed by atoms with Crippen molar-refractivity contribution in [2.75, 3.05) is 25.0 Å². The number of hydrogen-bond donors (Lipinski definition) is 2. The Balaban J connectivity index is 1.31. The van der Waals surface area contributed by atoms with Crippen LogP contribution in [0.25, 0.3) is 0 Å². The summed E-state index contributed by atoms with van der Waals surface area (Å²) in [6.45, 7) is 2.75. The molecule has 2 N–H and O–H groups in total. The van der Waals surface area contributed by atoms with E-state index in [2.05, 4.69) is 5.32 Å². The molecule has 1 saturated heterocycles. The molecule has 0 saturated carbocycles. The third-order valence-corrected chi connectivity index (χ3v) is 5.61. The Morgan fingerprint density at radius 3 is 2.48 bits per heavy atom. The topological polar surface area (TPSA) is 71.0 Å². The van der Waals surface area contributed by atoms with E-state index in [0.29, 0.717) is 36.7 Å². The fourth-order valence-corrected chi connectivity index (χ4v) is 3.71. The highest BCUT2D eigenvalue weighted by Crippen LogP contribution is 2.27. The minimum absolute atomic E-state index is 0.154. The first kappa shape index (κ1) is 22.8. The molecule has 3 aromatic carbocycles. The van der Waals surface area contributed by atoms with Gasteiger partial charge in [0.15, 0.2) is 0 Å². The zero-order valence-corrected chi connectivity index (χ0v) is 18.4. The van der Waals surface area contributed by atoms with Gasteiger partial charge in [-0.25, -0.2) is 4.39 Å². The lowest BCUT2D eigenvalue weighted by Gasteiger charge is -2.42. The molecule has 0 aliphatic carbocycles. The van der Waals surface area contributed by atoms with Gasteiger partial charge in [0, 0.05) is 24.8 Å². The molecule has 2 atom stereocenters. The summed E-state index contributed by atoms with van der Waals surface area (Å²) >= 11 is 0. The van der Waals surface area contributed by atoms with Crippen LogP contribution in [0, 0.1) is 5.82 Å². The maximum absolute atomic E-state index is 13.5. The summed E-state index contributed by atoms with van der Waals surface area (Å²) in [5.74, 6) is 1.20. The number of amides is 1. The number of ether oxygens (including phenoxy) is 2. The Hall–Kier alpha value is -3.42. The summed E-state index contributed by atoms with van der Waals surface area (Å²) in [5, 5.41) is 13.6. The smallest absolute Gasteiger partial charge is 0.238 e. The minimum atomic E-state index is -1.08. The van der Waals surface area contributed by atoms with Crippen molar-refractivity contribution in [3.8, 4) is 17.2 Å². The van der Waals surface area contributed by atoms with Gasteiger partial charge in [-0.1, -0.05) is 24.3 Å². The molecule has 3 aromatic rings. The molecule has 33 heavy (non-hydrogen) atoms. The lowest BCUT2D eigenvalue weighted by Crippen LogP contribution is -2.57. The first-order chi connectivity index (χ1) is 15.9. The normalized spacial score (nSPS) is 20.8. The fraction of sp³-hybridized carbons (Fsp3) is 0.269. The lowest BCUT2D eigenvalue weighted by atomic mass is 9.90. The number of halogens is 1. The van der Waals surface area contributed by atoms with Gasteiger partial charge in [0.05, 0.1) is 6.54 Å². The van der Waals surface area contributed by atoms with E-state index in [9.17, 15) is 14.3 Å². The maximum Gasteiger partial charge on any atom is 0.238 e. The molecule has 1 aliphatic heterocycles. The summed E-state index contributed by atoms with van der Waals surface area (Å²) in [6, 6.07) is 22.5. The highest BCUT2D eigenvalue weighted by Gasteiger charge is 2.39. The molecule has 4 rings (SSSR count). The Labute approximate surface area is 192 Å². The van der Waals surface area contributed by atoms with Gasteiger partial charge in [-0.05, 0) is 61.9 Å². The molecule has 0 aromatic heterocycles. The van der Waals surface area contributed by atoms with E-state index in [0.717, 1.165) is 5.75 Å². The van der Waals surface area contributed by atoms with Crippen LogP contribution in [0.3, 0.4) is 0 Å². The monoisotopic (exact) mass is 450 g/mol. The zero-order valence-electron chi connectivity index (χ0n) is 18.4. The van der Waals surface area contributed by atoms with Crippen LogP contribution in [0.15, 0.2) is 78.9 Å². The van der Waals surface area contributed by atoms with Crippen molar-refractivity contribution < 1.29 is 23.8 Å². The number of aliphatic hydroxyl groups is 1. The second kappa shape index (κ2) is 10.0. The minimum Gasteiger partial charge on any atom is -0.486 e. The van der Waals surface area contributed by atoms with Gasteiger partial charge in [-0.3, -0.25) is 9.69 Å². The second-order valence-electron chi connectivity index (χ2n) is 8.39. The van der Waals surface area contributed by atoms with Gasteiger partial charge < -0.3 is 19.9 Å². The van der Waals surface area contributed by atoms with Gasteiger partial charge in [0.1, 0.15) is 34.8 Å². The third-order valence-electron chi connectivity index (χ3n) is 5.61. The van der Waals surface area contributed by atoms with Gasteiger partial charge in [-0.2, -0.15) is 0 Å². The van der Waals surface area contributed by atoms with Crippen LogP contribution < -0.4 is 14.8 Å². The van der Waals surface area contributed by atoms with Gasteiger partial charge >= 0.3 is 0 Å². The van der Waals surface area contributed by atoms with Gasteiger partial charge in [-0.15, -0.1) is 0 Å². The second-order valence-corrected chi connectivity index (χ2v) is 8.39. The van der Waals surface area contributed by atoms with E-state index in [4.69, 9.17) is 9.47 Å². The summed E-state index contributed by atoms with van der Waals surface area (Å²) in [7, 11) is 0. The van der Waals surface area contributed by atoms with E-state index in [1.807, 2.05) is 35.2 Å². The van der Waals surface area contributed by atoms with Crippen molar-refractivity contribution >= 4 is 11.6 Å². The molecule has 1 amide bonds. The van der Waals surface area contributed by atoms with Crippen molar-refractivity contribution in [2.24, 2.45) is 0 Å². The highest BCUT2D eigenvalue weighted by atomic mass is 19.1. The fourth-order valence-electron chi connectivity index (χ4n) is 3.71. The van der Waals surface area contributed by atoms with E-state index in [-0.39, 0.29) is 12.5 Å². The quantitative estimate of drug-likeness (QED) is 0.556. The summed E-state index contributed by atoms with van der Waals surface area (Å²) in [4.78, 5) is 14.5. The number of nitrogens with one attached hydrogen (secondary N) is 1. The number of carbonyl (C=O) groups excluding carboxylic acids is 1. The number of hydrogen-bond acceptors (Lipinski definition) is 5. The molecule has 1 heterocycles. The third kappa shape index (κ3) is 6.31. The average Bonchev–Trinajstić information content (AvgIpc) is 2.78. The molecule has 6 nitrogen and oxygen atoms in total. The van der Waals surface area contributed by atoms with E-state index >= 15 is 0 Å². The molecule has 0 unspecified atom stereocenters. The van der Waals surface area contributed by atoms with Crippen LogP contribution >= 0.6 is 0 Å². The molecule has 172 valence electrons. The van der Waals surface area contributed by atoms with Crippen LogP contribution in [0.4, 0.5) is 10.1 Å². The molecular weight excluding hydrogens is 423 g/mol. The summed E-state index contributed by atoms with van der Waals surface area (Å²) in [5.41, 5.74) is -0.412. The van der Waals surface area contributed by atoms with Crippen molar-refractivity contribution in [3.63, 3.8) is 0 Å². The standard InChI is InChI=1S/C26H27FN2O4/c1-26(31)14-15-29(17-24(26)33-23-9-5-6-19(27)16-23)18-25(30)28-20-10-12-22(13-11-20)32-21-7-3-2-4-8-21/h2-13,16,24,31H,14-15,17-18H2,1H3,(H,28,30)/t24-,26-/m0/s1. The number of carbonyl (C=O) groups is 1. The Morgan fingerprint density at radius 1 is 1.06 bits per heavy atom. The van der Waals surface area contributed by atoms with Crippen molar-refractivity contribution in [1.82, 2.24) is 4.90 Å². The van der Waals surface area contributed by atoms with E-state index < -0.39 is 17.5 Å². The first-order valence-electron chi connectivity index (χ1n) is 10.9. The first-order valence-corrected chi connectivity index (χ1v) is 10.9. The predicted molar refractivity (Wildman–Crippen MR) is 124 cm³/mol. The summed E-state index contributed by atoms with van der Waals surface area (Å²) < 4.78 is 25.1. The highest BCUT2D eigenvalue weighted by molar-refractivity contribution is 5.92. The Bertz CT molecular complexity index is 1070. The molecule has 1 fully saturated rings. The van der Waals surface area contributed by atoms with Crippen LogP contribution in [0.2, 0.25) is 0 Å². The zero-order chi connectivity index (χ0) is 23.3. The van der Waals surface area contributed by atoms with Crippen LogP contribution in [-0.2, 0) is 4.79 Å². The molecule has 0 spiro atoms. The summed E-state index contributed by atoms with van der Waals surface area (Å²) in [6.07, 6.45) is -0.151. The van der Waals surface area contributed by atoms with E-state index in [1.54, 1.807) is 43.3 Å². The maximum atomic E-state index is 13.5. The predicted octanol–water partition coefficient (Wildman–Crippen LogP) is 4.46. The number of nitrogens with zero attached hydrogens (tertiary/aromatic N) is 1. The van der Waals surface area contributed by atoms with Crippen LogP contribution in [0.1, 0.15) is 13.3 Å². The van der Waals surface area contributed by atoms with Crippen molar-refractivity contribution in [1.29, 1.82) is 0 Å². The molecule has 7 heteroatoms. The molecule has 0 radical (unpaired) electrons. The molecular formula is C26H27FN2O4. The Morgan fingerprint density at radius 2 is 1.76 bits per heavy atom. The lowest BCUT2D eigenvalue weighted by molar-refractivity contribution is -0.122. The Kier molecular flexibility index (Phi) is 6.91. The van der Waals surface area contributed by atoms with E-state index in [1.165, 1.54) is 12.1 Å². The number of piperidine rings is 1. The van der Waals surface area contributed by atoms with Gasteiger partial charge in [0.25, 0.3) is 0 Å². The SMILES string of the molecule is C[C@]1(O)CCN(CC(=O)Nc2ccc(Oc3ccccc3)cc2)C[C@@H]1Oc1cccc(F)c1.